The van der Waals surface area contributed by atoms with Crippen LogP contribution in [0.25, 0.3) is 10.9 Å². The third-order valence-electron chi connectivity index (χ3n) is 3.32. The summed E-state index contributed by atoms with van der Waals surface area (Å²) in [6.07, 6.45) is 2.17. The summed E-state index contributed by atoms with van der Waals surface area (Å²) < 4.78 is 0. The van der Waals surface area contributed by atoms with Crippen LogP contribution in [0.2, 0.25) is 0 Å². The van der Waals surface area contributed by atoms with Crippen molar-refractivity contribution in [2.24, 2.45) is 0 Å². The highest BCUT2D eigenvalue weighted by atomic mass is 14.8. The first-order valence-corrected chi connectivity index (χ1v) is 6.77. The van der Waals surface area contributed by atoms with Crippen LogP contribution < -0.4 is 5.32 Å². The van der Waals surface area contributed by atoms with E-state index in [2.05, 4.69) is 50.4 Å². The zero-order chi connectivity index (χ0) is 13.1. The number of hydrogen-bond donors (Lipinski definition) is 1. The monoisotopic (exact) mass is 242 g/mol. The first-order chi connectivity index (χ1) is 8.67. The fourth-order valence-corrected chi connectivity index (χ4v) is 2.38. The van der Waals surface area contributed by atoms with Crippen LogP contribution in [-0.2, 0) is 6.42 Å². The Hall–Kier alpha value is -1.57. The van der Waals surface area contributed by atoms with Gasteiger partial charge < -0.3 is 5.32 Å². The summed E-state index contributed by atoms with van der Waals surface area (Å²) in [6.45, 7) is 6.64. The summed E-state index contributed by atoms with van der Waals surface area (Å²) in [5.74, 6) is 0.503. The van der Waals surface area contributed by atoms with Crippen LogP contribution >= 0.6 is 0 Å². The first-order valence-electron chi connectivity index (χ1n) is 6.77. The van der Waals surface area contributed by atoms with Gasteiger partial charge in [-0.25, -0.2) is 0 Å². The summed E-state index contributed by atoms with van der Waals surface area (Å²) in [5, 5.41) is 4.52. The highest BCUT2D eigenvalue weighted by Gasteiger charge is 2.10. The quantitative estimate of drug-likeness (QED) is 0.862. The molecule has 0 aliphatic rings. The molecule has 2 aromatic rings. The van der Waals surface area contributed by atoms with Crippen molar-refractivity contribution in [3.63, 3.8) is 0 Å². The molecule has 1 N–H and O–H groups in total. The fourth-order valence-electron chi connectivity index (χ4n) is 2.38. The lowest BCUT2D eigenvalue weighted by atomic mass is 9.98. The molecule has 0 radical (unpaired) electrons. The van der Waals surface area contributed by atoms with E-state index < -0.39 is 0 Å². The Morgan fingerprint density at radius 2 is 2.06 bits per heavy atom. The molecule has 18 heavy (non-hydrogen) atoms. The predicted molar refractivity (Wildman–Crippen MR) is 79.4 cm³/mol. The zero-order valence-corrected chi connectivity index (χ0v) is 11.7. The number of hydrogen-bond acceptors (Lipinski definition) is 2. The Morgan fingerprint density at radius 1 is 1.28 bits per heavy atom. The molecule has 2 rings (SSSR count). The molecule has 1 aromatic heterocycles. The molecular weight excluding hydrogens is 220 g/mol. The standard InChI is InChI=1S/C16H22N2/c1-5-7-12-10-15(17-4)14-9-6-8-13(11(2)3)16(14)18-12/h6,8-11H,5,7H2,1-4H3,(H,17,18). The molecule has 0 aliphatic carbocycles. The van der Waals surface area contributed by atoms with E-state index in [1.165, 1.54) is 22.3 Å². The summed E-state index contributed by atoms with van der Waals surface area (Å²) >= 11 is 0. The molecule has 0 saturated heterocycles. The number of para-hydroxylation sites is 1. The van der Waals surface area contributed by atoms with Crippen molar-refractivity contribution in [2.45, 2.75) is 39.5 Å². The van der Waals surface area contributed by atoms with Gasteiger partial charge in [0.1, 0.15) is 0 Å². The van der Waals surface area contributed by atoms with Crippen molar-refractivity contribution in [1.29, 1.82) is 0 Å². The number of aromatic nitrogens is 1. The van der Waals surface area contributed by atoms with Crippen LogP contribution in [0.3, 0.4) is 0 Å². The predicted octanol–water partition coefficient (Wildman–Crippen LogP) is 4.35. The number of rotatable bonds is 4. The molecule has 0 saturated carbocycles. The summed E-state index contributed by atoms with van der Waals surface area (Å²) in [4.78, 5) is 4.85. The van der Waals surface area contributed by atoms with Gasteiger partial charge in [-0.05, 0) is 24.0 Å². The van der Waals surface area contributed by atoms with Crippen molar-refractivity contribution in [3.8, 4) is 0 Å². The van der Waals surface area contributed by atoms with Gasteiger partial charge in [-0.2, -0.15) is 0 Å². The van der Waals surface area contributed by atoms with Crippen molar-refractivity contribution < 1.29 is 0 Å². The summed E-state index contributed by atoms with van der Waals surface area (Å²) in [7, 11) is 1.98. The Morgan fingerprint density at radius 3 is 2.67 bits per heavy atom. The Balaban J connectivity index is 2.71. The van der Waals surface area contributed by atoms with Gasteiger partial charge in [-0.15, -0.1) is 0 Å². The van der Waals surface area contributed by atoms with E-state index in [4.69, 9.17) is 4.98 Å². The number of anilines is 1. The van der Waals surface area contributed by atoms with Gasteiger partial charge >= 0.3 is 0 Å². The molecule has 2 heteroatoms. The molecule has 0 spiro atoms. The van der Waals surface area contributed by atoms with Gasteiger partial charge in [0, 0.05) is 23.8 Å². The molecule has 0 atom stereocenters. The highest BCUT2D eigenvalue weighted by molar-refractivity contribution is 5.93. The molecule has 96 valence electrons. The van der Waals surface area contributed by atoms with Gasteiger partial charge in [-0.3, -0.25) is 4.98 Å². The van der Waals surface area contributed by atoms with Crippen LogP contribution in [0.1, 0.15) is 44.4 Å². The molecule has 0 bridgehead atoms. The molecule has 1 heterocycles. The van der Waals surface area contributed by atoms with E-state index in [-0.39, 0.29) is 0 Å². The lowest BCUT2D eigenvalue weighted by Gasteiger charge is -2.14. The van der Waals surface area contributed by atoms with Crippen LogP contribution in [0.4, 0.5) is 5.69 Å². The number of nitrogens with one attached hydrogen (secondary N) is 1. The van der Waals surface area contributed by atoms with Gasteiger partial charge in [-0.1, -0.05) is 45.4 Å². The molecule has 0 amide bonds. The van der Waals surface area contributed by atoms with Gasteiger partial charge in [0.05, 0.1) is 5.52 Å². The zero-order valence-electron chi connectivity index (χ0n) is 11.7. The van der Waals surface area contributed by atoms with Crippen molar-refractivity contribution in [3.05, 3.63) is 35.5 Å². The topological polar surface area (TPSA) is 24.9 Å². The molecule has 2 nitrogen and oxygen atoms in total. The molecule has 0 aliphatic heterocycles. The number of fused-ring (bicyclic) bond motifs is 1. The van der Waals surface area contributed by atoms with E-state index >= 15 is 0 Å². The maximum Gasteiger partial charge on any atom is 0.0760 e. The largest absolute Gasteiger partial charge is 0.388 e. The SMILES string of the molecule is CCCc1cc(NC)c2cccc(C(C)C)c2n1. The Labute approximate surface area is 109 Å². The fraction of sp³-hybridized carbons (Fsp3) is 0.438. The second-order valence-corrected chi connectivity index (χ2v) is 5.06. The lowest BCUT2D eigenvalue weighted by molar-refractivity contribution is 0.862. The molecule has 0 fully saturated rings. The van der Waals surface area contributed by atoms with Crippen molar-refractivity contribution in [2.75, 3.05) is 12.4 Å². The minimum atomic E-state index is 0.503. The maximum atomic E-state index is 4.85. The van der Waals surface area contributed by atoms with Gasteiger partial charge in [0.25, 0.3) is 0 Å². The minimum Gasteiger partial charge on any atom is -0.388 e. The first kappa shape index (κ1) is 12.9. The molecular formula is C16H22N2. The van der Waals surface area contributed by atoms with Gasteiger partial charge in [0.2, 0.25) is 0 Å². The van der Waals surface area contributed by atoms with E-state index in [0.717, 1.165) is 18.4 Å². The van der Waals surface area contributed by atoms with E-state index in [1.807, 2.05) is 7.05 Å². The lowest BCUT2D eigenvalue weighted by Crippen LogP contribution is -1.99. The number of benzene rings is 1. The van der Waals surface area contributed by atoms with Crippen LogP contribution in [0.5, 0.6) is 0 Å². The number of nitrogens with zero attached hydrogens (tertiary/aromatic N) is 1. The smallest absolute Gasteiger partial charge is 0.0760 e. The number of aryl methyl sites for hydroxylation is 1. The van der Waals surface area contributed by atoms with Crippen LogP contribution in [0, 0.1) is 0 Å². The highest BCUT2D eigenvalue weighted by Crippen LogP contribution is 2.29. The normalized spacial score (nSPS) is 11.2. The second-order valence-electron chi connectivity index (χ2n) is 5.06. The third kappa shape index (κ3) is 2.33. The molecule has 0 unspecified atom stereocenters. The average molecular weight is 242 g/mol. The third-order valence-corrected chi connectivity index (χ3v) is 3.32. The van der Waals surface area contributed by atoms with E-state index in [0.29, 0.717) is 5.92 Å². The summed E-state index contributed by atoms with van der Waals surface area (Å²) in [6, 6.07) is 8.64. The van der Waals surface area contributed by atoms with Crippen molar-refractivity contribution in [1.82, 2.24) is 4.98 Å². The number of pyridine rings is 1. The van der Waals surface area contributed by atoms with Crippen LogP contribution in [0.15, 0.2) is 24.3 Å². The summed E-state index contributed by atoms with van der Waals surface area (Å²) in [5.41, 5.74) is 4.86. The van der Waals surface area contributed by atoms with E-state index in [1.54, 1.807) is 0 Å². The van der Waals surface area contributed by atoms with Gasteiger partial charge in [0.15, 0.2) is 0 Å². The van der Waals surface area contributed by atoms with E-state index in [9.17, 15) is 0 Å². The average Bonchev–Trinajstić information content (AvgIpc) is 2.37. The Bertz CT molecular complexity index is 544. The minimum absolute atomic E-state index is 0.503. The van der Waals surface area contributed by atoms with Crippen molar-refractivity contribution >= 4 is 16.6 Å². The molecule has 1 aromatic carbocycles. The van der Waals surface area contributed by atoms with Crippen LogP contribution in [-0.4, -0.2) is 12.0 Å². The second kappa shape index (κ2) is 5.38. The maximum absolute atomic E-state index is 4.85. The Kier molecular flexibility index (Phi) is 3.85.